The zero-order valence-electron chi connectivity index (χ0n) is 12.1. The number of nitrogens with zero attached hydrogens (tertiary/aromatic N) is 2. The third-order valence-corrected chi connectivity index (χ3v) is 4.59. The predicted molar refractivity (Wildman–Crippen MR) is 76.0 cm³/mol. The normalized spacial score (nSPS) is 13.3. The highest BCUT2D eigenvalue weighted by molar-refractivity contribution is 7.89. The molecule has 0 saturated carbocycles. The number of carbonyl (C=O) groups is 1. The third-order valence-electron chi connectivity index (χ3n) is 2.76. The highest BCUT2D eigenvalue weighted by Crippen LogP contribution is 2.14. The number of carbonyl (C=O) groups excluding carboxylic acids is 1. The second-order valence-corrected chi connectivity index (χ2v) is 7.00. The van der Waals surface area contributed by atoms with Gasteiger partial charge in [0.15, 0.2) is 0 Å². The maximum Gasteiger partial charge on any atom is 0.253 e. The average Bonchev–Trinajstić information content (AvgIpc) is 2.37. The van der Waals surface area contributed by atoms with E-state index in [2.05, 4.69) is 0 Å². The van der Waals surface area contributed by atoms with Crippen molar-refractivity contribution in [3.8, 4) is 0 Å². The molecule has 112 valence electrons. The minimum Gasteiger partial charge on any atom is -0.392 e. The summed E-state index contributed by atoms with van der Waals surface area (Å²) in [5, 5.41) is 9.25. The van der Waals surface area contributed by atoms with Gasteiger partial charge in [0.25, 0.3) is 5.91 Å². The molecule has 0 fully saturated rings. The van der Waals surface area contributed by atoms with Crippen molar-refractivity contribution in [1.29, 1.82) is 0 Å². The Morgan fingerprint density at radius 1 is 1.20 bits per heavy atom. The molecule has 0 bridgehead atoms. The lowest BCUT2D eigenvalue weighted by atomic mass is 10.2. The van der Waals surface area contributed by atoms with E-state index < -0.39 is 16.1 Å². The van der Waals surface area contributed by atoms with Gasteiger partial charge in [-0.15, -0.1) is 0 Å². The maximum absolute atomic E-state index is 12.0. The lowest BCUT2D eigenvalue weighted by Crippen LogP contribution is -2.33. The quantitative estimate of drug-likeness (QED) is 0.853. The SMILES string of the molecule is CC(O)CN(C)C(=O)c1ccc(S(=O)(=O)N(C)C)cc1. The molecule has 0 aliphatic rings. The number of likely N-dealkylation sites (N-methyl/N-ethyl adjacent to an activating group) is 1. The van der Waals surface area contributed by atoms with Crippen molar-refractivity contribution in [2.75, 3.05) is 27.7 Å². The highest BCUT2D eigenvalue weighted by atomic mass is 32.2. The van der Waals surface area contributed by atoms with Crippen LogP contribution in [0.3, 0.4) is 0 Å². The zero-order valence-corrected chi connectivity index (χ0v) is 12.9. The Morgan fingerprint density at radius 3 is 2.10 bits per heavy atom. The van der Waals surface area contributed by atoms with Gasteiger partial charge in [0.1, 0.15) is 0 Å². The van der Waals surface area contributed by atoms with Crippen LogP contribution in [0.1, 0.15) is 17.3 Å². The van der Waals surface area contributed by atoms with Crippen LogP contribution in [0.5, 0.6) is 0 Å². The van der Waals surface area contributed by atoms with Crippen molar-refractivity contribution in [3.63, 3.8) is 0 Å². The molecule has 1 N–H and O–H groups in total. The number of hydrogen-bond acceptors (Lipinski definition) is 4. The molecule has 0 heterocycles. The van der Waals surface area contributed by atoms with E-state index in [0.29, 0.717) is 5.56 Å². The number of aliphatic hydroxyl groups excluding tert-OH is 1. The van der Waals surface area contributed by atoms with E-state index in [4.69, 9.17) is 0 Å². The average molecular weight is 300 g/mol. The van der Waals surface area contributed by atoms with Gasteiger partial charge in [-0.3, -0.25) is 4.79 Å². The van der Waals surface area contributed by atoms with Crippen molar-refractivity contribution >= 4 is 15.9 Å². The molecule has 7 heteroatoms. The Morgan fingerprint density at radius 2 is 1.70 bits per heavy atom. The van der Waals surface area contributed by atoms with Gasteiger partial charge >= 0.3 is 0 Å². The Balaban J connectivity index is 2.95. The maximum atomic E-state index is 12.0. The Hall–Kier alpha value is -1.44. The molecule has 1 atom stereocenters. The molecule has 0 aromatic heterocycles. The van der Waals surface area contributed by atoms with E-state index in [1.807, 2.05) is 0 Å². The molecule has 1 unspecified atom stereocenters. The van der Waals surface area contributed by atoms with E-state index in [-0.39, 0.29) is 17.3 Å². The Bertz CT molecular complexity index is 565. The van der Waals surface area contributed by atoms with Crippen molar-refractivity contribution in [1.82, 2.24) is 9.21 Å². The van der Waals surface area contributed by atoms with Gasteiger partial charge in [0.05, 0.1) is 11.0 Å². The standard InChI is InChI=1S/C13H20N2O4S/c1-10(16)9-15(4)13(17)11-5-7-12(8-6-11)20(18,19)14(2)3/h5-8,10,16H,9H2,1-4H3. The van der Waals surface area contributed by atoms with Crippen LogP contribution in [0.15, 0.2) is 29.2 Å². The molecule has 0 spiro atoms. The van der Waals surface area contributed by atoms with Crippen LogP contribution >= 0.6 is 0 Å². The molecule has 1 aromatic carbocycles. The van der Waals surface area contributed by atoms with E-state index >= 15 is 0 Å². The minimum atomic E-state index is -3.49. The van der Waals surface area contributed by atoms with Crippen molar-refractivity contribution in [2.45, 2.75) is 17.9 Å². The summed E-state index contributed by atoms with van der Waals surface area (Å²) in [6.07, 6.45) is -0.614. The number of sulfonamides is 1. The van der Waals surface area contributed by atoms with Crippen LogP contribution in [-0.4, -0.2) is 62.4 Å². The van der Waals surface area contributed by atoms with Crippen LogP contribution < -0.4 is 0 Å². The second-order valence-electron chi connectivity index (χ2n) is 4.85. The summed E-state index contributed by atoms with van der Waals surface area (Å²) in [5.41, 5.74) is 0.380. The fourth-order valence-electron chi connectivity index (χ4n) is 1.68. The Labute approximate surface area is 119 Å². The fraction of sp³-hybridized carbons (Fsp3) is 0.462. The summed E-state index contributed by atoms with van der Waals surface area (Å²) in [6.45, 7) is 1.81. The van der Waals surface area contributed by atoms with Gasteiger partial charge in [-0.1, -0.05) is 0 Å². The van der Waals surface area contributed by atoms with Gasteiger partial charge in [-0.05, 0) is 31.2 Å². The first-order valence-electron chi connectivity index (χ1n) is 6.12. The summed E-state index contributed by atoms with van der Waals surface area (Å²) in [5.74, 6) is -0.264. The van der Waals surface area contributed by atoms with Crippen molar-refractivity contribution in [2.24, 2.45) is 0 Å². The molecule has 1 amide bonds. The summed E-state index contributed by atoms with van der Waals surface area (Å²) in [4.78, 5) is 13.6. The molecule has 20 heavy (non-hydrogen) atoms. The van der Waals surface area contributed by atoms with E-state index in [9.17, 15) is 18.3 Å². The Kier molecular flexibility index (Phi) is 5.27. The second kappa shape index (κ2) is 6.34. The summed E-state index contributed by atoms with van der Waals surface area (Å²) < 4.78 is 24.9. The number of amides is 1. The minimum absolute atomic E-state index is 0.136. The zero-order chi connectivity index (χ0) is 15.5. The van der Waals surface area contributed by atoms with E-state index in [1.165, 1.54) is 43.3 Å². The summed E-state index contributed by atoms with van der Waals surface area (Å²) in [7, 11) is 0.991. The summed E-state index contributed by atoms with van der Waals surface area (Å²) in [6, 6.07) is 5.74. The first-order valence-corrected chi connectivity index (χ1v) is 7.56. The van der Waals surface area contributed by atoms with Crippen molar-refractivity contribution in [3.05, 3.63) is 29.8 Å². The molecule has 6 nitrogen and oxygen atoms in total. The number of rotatable bonds is 5. The van der Waals surface area contributed by atoms with E-state index in [0.717, 1.165) is 4.31 Å². The van der Waals surface area contributed by atoms with Gasteiger partial charge in [-0.2, -0.15) is 0 Å². The van der Waals surface area contributed by atoms with Gasteiger partial charge < -0.3 is 10.0 Å². The largest absolute Gasteiger partial charge is 0.392 e. The molecular formula is C13H20N2O4S. The fourth-order valence-corrected chi connectivity index (χ4v) is 2.58. The van der Waals surface area contributed by atoms with Crippen LogP contribution in [-0.2, 0) is 10.0 Å². The molecular weight excluding hydrogens is 280 g/mol. The smallest absolute Gasteiger partial charge is 0.253 e. The van der Waals surface area contributed by atoms with E-state index in [1.54, 1.807) is 14.0 Å². The monoisotopic (exact) mass is 300 g/mol. The molecule has 1 rings (SSSR count). The van der Waals surface area contributed by atoms with Crippen molar-refractivity contribution < 1.29 is 18.3 Å². The molecule has 0 radical (unpaired) electrons. The molecule has 0 aliphatic heterocycles. The number of hydrogen-bond donors (Lipinski definition) is 1. The summed E-state index contributed by atoms with van der Waals surface area (Å²) >= 11 is 0. The first kappa shape index (κ1) is 16.6. The first-order chi connectivity index (χ1) is 9.16. The molecule has 1 aromatic rings. The van der Waals surface area contributed by atoms with Gasteiger partial charge in [-0.25, -0.2) is 12.7 Å². The molecule has 0 aliphatic carbocycles. The third kappa shape index (κ3) is 3.78. The topological polar surface area (TPSA) is 77.9 Å². The van der Waals surface area contributed by atoms with Crippen LogP contribution in [0.25, 0.3) is 0 Å². The van der Waals surface area contributed by atoms with Crippen LogP contribution in [0, 0.1) is 0 Å². The van der Waals surface area contributed by atoms with Gasteiger partial charge in [0.2, 0.25) is 10.0 Å². The molecule has 0 saturated heterocycles. The lowest BCUT2D eigenvalue weighted by molar-refractivity contribution is 0.0703. The van der Waals surface area contributed by atoms with Crippen LogP contribution in [0.4, 0.5) is 0 Å². The predicted octanol–water partition coefficient (Wildman–Crippen LogP) is 0.390. The highest BCUT2D eigenvalue weighted by Gasteiger charge is 2.18. The lowest BCUT2D eigenvalue weighted by Gasteiger charge is -2.19. The number of benzene rings is 1. The van der Waals surface area contributed by atoms with Crippen LogP contribution in [0.2, 0.25) is 0 Å². The van der Waals surface area contributed by atoms with Gasteiger partial charge in [0, 0.05) is 33.3 Å². The number of aliphatic hydroxyl groups is 1.